The Morgan fingerprint density at radius 1 is 0.500 bits per heavy atom. The standard InChI is InChI=1S/C26H17FO/c27-20-15-16-23-24(17-20)26(19-11-5-2-6-12-19)22-14-8-7-13-21(22)25(23,28-26)18-9-3-1-4-10-18/h1-17H. The number of hydrogen-bond donors (Lipinski definition) is 0. The van der Waals surface area contributed by atoms with Crippen molar-refractivity contribution in [2.24, 2.45) is 0 Å². The summed E-state index contributed by atoms with van der Waals surface area (Å²) in [6.45, 7) is 0. The molecule has 2 aliphatic heterocycles. The molecule has 6 rings (SSSR count). The Morgan fingerprint density at radius 2 is 0.964 bits per heavy atom. The molecule has 134 valence electrons. The van der Waals surface area contributed by atoms with Gasteiger partial charge in [-0.25, -0.2) is 4.39 Å². The maximum atomic E-state index is 14.4. The third-order valence-corrected chi connectivity index (χ3v) is 6.09. The molecular formula is C26H17FO. The van der Waals surface area contributed by atoms with Gasteiger partial charge in [-0.3, -0.25) is 0 Å². The minimum atomic E-state index is -0.814. The zero-order chi connectivity index (χ0) is 18.8. The lowest BCUT2D eigenvalue weighted by Crippen LogP contribution is -2.27. The number of halogens is 1. The lowest BCUT2D eigenvalue weighted by Gasteiger charge is -2.30. The molecule has 0 N–H and O–H groups in total. The molecule has 2 bridgehead atoms. The molecule has 2 heterocycles. The Labute approximate surface area is 163 Å². The Kier molecular flexibility index (Phi) is 3.05. The van der Waals surface area contributed by atoms with E-state index >= 15 is 0 Å². The van der Waals surface area contributed by atoms with Crippen LogP contribution in [0.4, 0.5) is 4.39 Å². The van der Waals surface area contributed by atoms with E-state index in [9.17, 15) is 4.39 Å². The van der Waals surface area contributed by atoms with Crippen LogP contribution in [0.25, 0.3) is 0 Å². The number of ether oxygens (including phenoxy) is 1. The van der Waals surface area contributed by atoms with Gasteiger partial charge in [-0.2, -0.15) is 0 Å². The van der Waals surface area contributed by atoms with E-state index in [1.807, 2.05) is 48.5 Å². The number of fused-ring (bicyclic) bond motifs is 8. The van der Waals surface area contributed by atoms with Gasteiger partial charge in [-0.15, -0.1) is 0 Å². The van der Waals surface area contributed by atoms with E-state index < -0.39 is 11.2 Å². The first kappa shape index (κ1) is 15.8. The lowest BCUT2D eigenvalue weighted by molar-refractivity contribution is -0.0258. The summed E-state index contributed by atoms with van der Waals surface area (Å²) >= 11 is 0. The summed E-state index contributed by atoms with van der Waals surface area (Å²) in [4.78, 5) is 0. The third-order valence-electron chi connectivity index (χ3n) is 6.09. The third kappa shape index (κ3) is 1.74. The summed E-state index contributed by atoms with van der Waals surface area (Å²) < 4.78 is 21.5. The zero-order valence-corrected chi connectivity index (χ0v) is 15.1. The Hall–Kier alpha value is -3.23. The van der Waals surface area contributed by atoms with Crippen LogP contribution in [-0.2, 0) is 15.9 Å². The van der Waals surface area contributed by atoms with E-state index in [-0.39, 0.29) is 5.82 Å². The molecule has 0 amide bonds. The smallest absolute Gasteiger partial charge is 0.146 e. The van der Waals surface area contributed by atoms with Crippen molar-refractivity contribution in [3.05, 3.63) is 142 Å². The number of benzene rings is 4. The second kappa shape index (κ2) is 5.40. The predicted octanol–water partition coefficient (Wildman–Crippen LogP) is 5.75. The monoisotopic (exact) mass is 364 g/mol. The fraction of sp³-hybridized carbons (Fsp3) is 0.0769. The topological polar surface area (TPSA) is 9.23 Å². The molecule has 0 saturated carbocycles. The van der Waals surface area contributed by atoms with Crippen LogP contribution in [0.5, 0.6) is 0 Å². The van der Waals surface area contributed by atoms with Gasteiger partial charge in [0.1, 0.15) is 17.0 Å². The molecule has 28 heavy (non-hydrogen) atoms. The summed E-state index contributed by atoms with van der Waals surface area (Å²) in [5.74, 6) is -0.245. The van der Waals surface area contributed by atoms with Crippen molar-refractivity contribution in [1.82, 2.24) is 0 Å². The second-order valence-electron chi connectivity index (χ2n) is 7.43. The summed E-state index contributed by atoms with van der Waals surface area (Å²) in [7, 11) is 0. The van der Waals surface area contributed by atoms with Crippen molar-refractivity contribution in [1.29, 1.82) is 0 Å². The Morgan fingerprint density at radius 3 is 1.54 bits per heavy atom. The Balaban J connectivity index is 1.79. The summed E-state index contributed by atoms with van der Waals surface area (Å²) in [5, 5.41) is 0. The van der Waals surface area contributed by atoms with Crippen LogP contribution in [0, 0.1) is 5.82 Å². The van der Waals surface area contributed by atoms with Gasteiger partial charge in [0.25, 0.3) is 0 Å². The van der Waals surface area contributed by atoms with E-state index in [0.717, 1.165) is 33.4 Å². The normalized spacial score (nSPS) is 24.0. The van der Waals surface area contributed by atoms with Crippen LogP contribution < -0.4 is 0 Å². The molecule has 2 atom stereocenters. The summed E-state index contributed by atoms with van der Waals surface area (Å²) in [6.07, 6.45) is 0. The molecule has 4 aromatic carbocycles. The quantitative estimate of drug-likeness (QED) is 0.440. The van der Waals surface area contributed by atoms with Crippen LogP contribution in [0.3, 0.4) is 0 Å². The van der Waals surface area contributed by atoms with E-state index in [1.165, 1.54) is 6.07 Å². The van der Waals surface area contributed by atoms with E-state index in [4.69, 9.17) is 4.74 Å². The van der Waals surface area contributed by atoms with Crippen LogP contribution in [0.1, 0.15) is 33.4 Å². The van der Waals surface area contributed by atoms with Gasteiger partial charge >= 0.3 is 0 Å². The van der Waals surface area contributed by atoms with Crippen LogP contribution in [0.2, 0.25) is 0 Å². The van der Waals surface area contributed by atoms with Crippen LogP contribution in [0.15, 0.2) is 103 Å². The first-order chi connectivity index (χ1) is 13.8. The van der Waals surface area contributed by atoms with Gasteiger partial charge in [0.05, 0.1) is 0 Å². The highest BCUT2D eigenvalue weighted by Crippen LogP contribution is 2.65. The van der Waals surface area contributed by atoms with Crippen molar-refractivity contribution in [3.63, 3.8) is 0 Å². The fourth-order valence-electron chi connectivity index (χ4n) is 5.04. The van der Waals surface area contributed by atoms with Crippen LogP contribution in [-0.4, -0.2) is 0 Å². The molecule has 2 heteroatoms. The molecule has 0 aromatic heterocycles. The van der Waals surface area contributed by atoms with E-state index in [1.54, 1.807) is 6.07 Å². The highest BCUT2D eigenvalue weighted by Gasteiger charge is 2.64. The van der Waals surface area contributed by atoms with Gasteiger partial charge in [-0.05, 0) is 39.9 Å². The van der Waals surface area contributed by atoms with Crippen LogP contribution >= 0.6 is 0 Å². The molecule has 0 saturated heterocycles. The maximum Gasteiger partial charge on any atom is 0.146 e. The zero-order valence-electron chi connectivity index (χ0n) is 15.1. The molecule has 1 nitrogen and oxygen atoms in total. The first-order valence-corrected chi connectivity index (χ1v) is 9.48. The van der Waals surface area contributed by atoms with Crippen molar-refractivity contribution in [3.8, 4) is 0 Å². The highest BCUT2D eigenvalue weighted by atomic mass is 19.1. The van der Waals surface area contributed by atoms with Gasteiger partial charge in [0.15, 0.2) is 0 Å². The summed E-state index contributed by atoms with van der Waals surface area (Å²) in [5.41, 5.74) is 4.65. The molecule has 0 radical (unpaired) electrons. The van der Waals surface area contributed by atoms with Crippen molar-refractivity contribution >= 4 is 0 Å². The number of hydrogen-bond acceptors (Lipinski definition) is 1. The minimum Gasteiger partial charge on any atom is -0.340 e. The predicted molar refractivity (Wildman–Crippen MR) is 107 cm³/mol. The fourth-order valence-corrected chi connectivity index (χ4v) is 5.04. The van der Waals surface area contributed by atoms with Gasteiger partial charge < -0.3 is 4.74 Å². The highest BCUT2D eigenvalue weighted by molar-refractivity contribution is 5.70. The van der Waals surface area contributed by atoms with Gasteiger partial charge in [0, 0.05) is 5.56 Å². The summed E-state index contributed by atoms with van der Waals surface area (Å²) in [6, 6.07) is 33.8. The molecule has 0 aliphatic carbocycles. The van der Waals surface area contributed by atoms with E-state index in [2.05, 4.69) is 42.5 Å². The molecule has 2 unspecified atom stereocenters. The van der Waals surface area contributed by atoms with Crippen molar-refractivity contribution in [2.45, 2.75) is 11.2 Å². The lowest BCUT2D eigenvalue weighted by atomic mass is 9.68. The molecule has 4 aromatic rings. The largest absolute Gasteiger partial charge is 0.340 e. The Bertz CT molecular complexity index is 1200. The van der Waals surface area contributed by atoms with Gasteiger partial charge in [0.2, 0.25) is 0 Å². The van der Waals surface area contributed by atoms with Gasteiger partial charge in [-0.1, -0.05) is 91.0 Å². The second-order valence-corrected chi connectivity index (χ2v) is 7.43. The number of rotatable bonds is 2. The maximum absolute atomic E-state index is 14.4. The minimum absolute atomic E-state index is 0.245. The molecular weight excluding hydrogens is 347 g/mol. The average Bonchev–Trinajstić information content (AvgIpc) is 3.24. The SMILES string of the molecule is Fc1ccc2c(c1)C1(c3ccccc3)OC2(c2ccccc2)c2ccccc21. The molecule has 2 aliphatic rings. The molecule has 0 fully saturated rings. The first-order valence-electron chi connectivity index (χ1n) is 9.48. The average molecular weight is 364 g/mol. The van der Waals surface area contributed by atoms with Crippen molar-refractivity contribution in [2.75, 3.05) is 0 Å². The van der Waals surface area contributed by atoms with E-state index in [0.29, 0.717) is 0 Å². The molecule has 0 spiro atoms. The van der Waals surface area contributed by atoms with Crippen molar-refractivity contribution < 1.29 is 9.13 Å².